The monoisotopic (exact) mass is 324 g/mol. The van der Waals surface area contributed by atoms with E-state index in [0.29, 0.717) is 12.5 Å². The Morgan fingerprint density at radius 3 is 2.33 bits per heavy atom. The van der Waals surface area contributed by atoms with E-state index in [1.807, 2.05) is 54.6 Å². The maximum absolute atomic E-state index is 12.0. The molecule has 3 rings (SSSR count). The zero-order valence-electron chi connectivity index (χ0n) is 13.8. The summed E-state index contributed by atoms with van der Waals surface area (Å²) in [5, 5.41) is 6.38. The summed E-state index contributed by atoms with van der Waals surface area (Å²) < 4.78 is 5.74. The molecule has 1 aliphatic rings. The smallest absolute Gasteiger partial charge is 0.225 e. The van der Waals surface area contributed by atoms with E-state index in [0.717, 1.165) is 23.7 Å². The molecule has 0 aromatic heterocycles. The lowest BCUT2D eigenvalue weighted by Crippen LogP contribution is -2.29. The van der Waals surface area contributed by atoms with Crippen LogP contribution in [0.4, 0.5) is 5.69 Å². The van der Waals surface area contributed by atoms with Crippen LogP contribution in [0.1, 0.15) is 32.1 Å². The number of carbonyl (C=O) groups excluding carboxylic acids is 1. The molecule has 0 heterocycles. The standard InChI is InChI=1S/C20H24N2O2/c23-20(14-15-21-16-6-4-5-7-16)22-17-10-12-19(13-11-17)24-18-8-2-1-3-9-18/h1-3,8-13,16,21H,4-7,14-15H2,(H,22,23). The quantitative estimate of drug-likeness (QED) is 0.796. The van der Waals surface area contributed by atoms with E-state index in [-0.39, 0.29) is 5.91 Å². The number of para-hydroxylation sites is 1. The third kappa shape index (κ3) is 5.10. The maximum Gasteiger partial charge on any atom is 0.225 e. The van der Waals surface area contributed by atoms with Crippen molar-refractivity contribution in [2.24, 2.45) is 0 Å². The number of hydrogen-bond acceptors (Lipinski definition) is 3. The average Bonchev–Trinajstić information content (AvgIpc) is 3.11. The Labute approximate surface area is 143 Å². The molecular weight excluding hydrogens is 300 g/mol. The summed E-state index contributed by atoms with van der Waals surface area (Å²) in [6.45, 7) is 0.742. The first kappa shape index (κ1) is 16.5. The molecule has 4 nitrogen and oxygen atoms in total. The van der Waals surface area contributed by atoms with Crippen LogP contribution in [0, 0.1) is 0 Å². The number of hydrogen-bond donors (Lipinski definition) is 2. The average molecular weight is 324 g/mol. The molecule has 0 atom stereocenters. The van der Waals surface area contributed by atoms with Gasteiger partial charge in [-0.2, -0.15) is 0 Å². The van der Waals surface area contributed by atoms with Crippen molar-refractivity contribution in [1.29, 1.82) is 0 Å². The largest absolute Gasteiger partial charge is 0.457 e. The molecule has 24 heavy (non-hydrogen) atoms. The highest BCUT2D eigenvalue weighted by Gasteiger charge is 2.14. The third-order valence-electron chi connectivity index (χ3n) is 4.26. The Hall–Kier alpha value is -2.33. The molecule has 0 radical (unpaired) electrons. The SMILES string of the molecule is O=C(CCNC1CCCC1)Nc1ccc(Oc2ccccc2)cc1. The summed E-state index contributed by atoms with van der Waals surface area (Å²) in [4.78, 5) is 12.0. The van der Waals surface area contributed by atoms with Crippen molar-refractivity contribution in [2.75, 3.05) is 11.9 Å². The number of rotatable bonds is 7. The van der Waals surface area contributed by atoms with Crippen molar-refractivity contribution in [3.8, 4) is 11.5 Å². The van der Waals surface area contributed by atoms with Gasteiger partial charge in [-0.3, -0.25) is 4.79 Å². The number of anilines is 1. The second-order valence-corrected chi connectivity index (χ2v) is 6.17. The van der Waals surface area contributed by atoms with Crippen LogP contribution < -0.4 is 15.4 Å². The van der Waals surface area contributed by atoms with Crippen LogP contribution in [0.3, 0.4) is 0 Å². The number of amides is 1. The number of ether oxygens (including phenoxy) is 1. The van der Waals surface area contributed by atoms with Crippen molar-refractivity contribution >= 4 is 11.6 Å². The minimum atomic E-state index is 0.0391. The predicted molar refractivity (Wildman–Crippen MR) is 96.5 cm³/mol. The van der Waals surface area contributed by atoms with Gasteiger partial charge in [0.25, 0.3) is 0 Å². The highest BCUT2D eigenvalue weighted by molar-refractivity contribution is 5.90. The Morgan fingerprint density at radius 2 is 1.62 bits per heavy atom. The Balaban J connectivity index is 1.42. The summed E-state index contributed by atoms with van der Waals surface area (Å²) in [5.74, 6) is 1.59. The van der Waals surface area contributed by atoms with Crippen molar-refractivity contribution in [2.45, 2.75) is 38.1 Å². The van der Waals surface area contributed by atoms with E-state index in [9.17, 15) is 4.79 Å². The topological polar surface area (TPSA) is 50.4 Å². The number of benzene rings is 2. The normalized spacial score (nSPS) is 14.5. The first-order chi connectivity index (χ1) is 11.8. The first-order valence-corrected chi connectivity index (χ1v) is 8.66. The van der Waals surface area contributed by atoms with Crippen molar-refractivity contribution in [3.05, 3.63) is 54.6 Å². The second-order valence-electron chi connectivity index (χ2n) is 6.17. The zero-order valence-corrected chi connectivity index (χ0v) is 13.8. The van der Waals surface area contributed by atoms with Crippen LogP contribution in [0.15, 0.2) is 54.6 Å². The molecule has 0 spiro atoms. The summed E-state index contributed by atoms with van der Waals surface area (Å²) in [6, 6.07) is 17.7. The van der Waals surface area contributed by atoms with E-state index < -0.39 is 0 Å². The molecule has 4 heteroatoms. The highest BCUT2D eigenvalue weighted by atomic mass is 16.5. The van der Waals surface area contributed by atoms with Crippen LogP contribution >= 0.6 is 0 Å². The highest BCUT2D eigenvalue weighted by Crippen LogP contribution is 2.22. The Bertz CT molecular complexity index is 634. The summed E-state index contributed by atoms with van der Waals surface area (Å²) in [7, 11) is 0. The van der Waals surface area contributed by atoms with Gasteiger partial charge >= 0.3 is 0 Å². The molecule has 1 aliphatic carbocycles. The summed E-state index contributed by atoms with van der Waals surface area (Å²) in [6.07, 6.45) is 5.59. The molecule has 0 bridgehead atoms. The van der Waals surface area contributed by atoms with Crippen LogP contribution in [-0.4, -0.2) is 18.5 Å². The van der Waals surface area contributed by atoms with Gasteiger partial charge in [-0.1, -0.05) is 31.0 Å². The lowest BCUT2D eigenvalue weighted by atomic mass is 10.2. The lowest BCUT2D eigenvalue weighted by Gasteiger charge is -2.11. The van der Waals surface area contributed by atoms with E-state index in [1.165, 1.54) is 25.7 Å². The van der Waals surface area contributed by atoms with Crippen molar-refractivity contribution in [3.63, 3.8) is 0 Å². The number of carbonyl (C=O) groups is 1. The van der Waals surface area contributed by atoms with Gasteiger partial charge in [0.1, 0.15) is 11.5 Å². The number of nitrogens with one attached hydrogen (secondary N) is 2. The molecule has 2 N–H and O–H groups in total. The first-order valence-electron chi connectivity index (χ1n) is 8.66. The Kier molecular flexibility index (Phi) is 5.85. The fourth-order valence-corrected chi connectivity index (χ4v) is 2.97. The second kappa shape index (κ2) is 8.50. The van der Waals surface area contributed by atoms with Crippen molar-refractivity contribution in [1.82, 2.24) is 5.32 Å². The molecule has 126 valence electrons. The van der Waals surface area contributed by atoms with E-state index in [4.69, 9.17) is 4.74 Å². The third-order valence-corrected chi connectivity index (χ3v) is 4.26. The molecular formula is C20H24N2O2. The fourth-order valence-electron chi connectivity index (χ4n) is 2.97. The molecule has 0 saturated heterocycles. The van der Waals surface area contributed by atoms with Gasteiger partial charge in [0.15, 0.2) is 0 Å². The summed E-state index contributed by atoms with van der Waals surface area (Å²) >= 11 is 0. The van der Waals surface area contributed by atoms with Crippen LogP contribution in [-0.2, 0) is 4.79 Å². The van der Waals surface area contributed by atoms with Crippen molar-refractivity contribution < 1.29 is 9.53 Å². The molecule has 0 unspecified atom stereocenters. The minimum Gasteiger partial charge on any atom is -0.457 e. The van der Waals surface area contributed by atoms with Gasteiger partial charge in [0.2, 0.25) is 5.91 Å². The van der Waals surface area contributed by atoms with Gasteiger partial charge in [-0.15, -0.1) is 0 Å². The van der Waals surface area contributed by atoms with Gasteiger partial charge < -0.3 is 15.4 Å². The molecule has 1 amide bonds. The van der Waals surface area contributed by atoms with Gasteiger partial charge in [-0.25, -0.2) is 0 Å². The van der Waals surface area contributed by atoms with Crippen LogP contribution in [0.25, 0.3) is 0 Å². The minimum absolute atomic E-state index is 0.0391. The van der Waals surface area contributed by atoms with Crippen LogP contribution in [0.2, 0.25) is 0 Å². The van der Waals surface area contributed by atoms with Gasteiger partial charge in [-0.05, 0) is 49.2 Å². The fraction of sp³-hybridized carbons (Fsp3) is 0.350. The molecule has 1 saturated carbocycles. The molecule has 0 aliphatic heterocycles. The molecule has 2 aromatic rings. The zero-order chi connectivity index (χ0) is 16.6. The van der Waals surface area contributed by atoms with Crippen LogP contribution in [0.5, 0.6) is 11.5 Å². The van der Waals surface area contributed by atoms with E-state index in [1.54, 1.807) is 0 Å². The van der Waals surface area contributed by atoms with Gasteiger partial charge in [0.05, 0.1) is 0 Å². The van der Waals surface area contributed by atoms with E-state index >= 15 is 0 Å². The molecule has 2 aromatic carbocycles. The summed E-state index contributed by atoms with van der Waals surface area (Å²) in [5.41, 5.74) is 0.793. The predicted octanol–water partition coefficient (Wildman–Crippen LogP) is 4.34. The Morgan fingerprint density at radius 1 is 0.958 bits per heavy atom. The maximum atomic E-state index is 12.0. The lowest BCUT2D eigenvalue weighted by molar-refractivity contribution is -0.116. The molecule has 1 fully saturated rings. The van der Waals surface area contributed by atoms with E-state index in [2.05, 4.69) is 10.6 Å². The van der Waals surface area contributed by atoms with Gasteiger partial charge in [0, 0.05) is 24.7 Å².